The number of nitrogens with zero attached hydrogens (tertiary/aromatic N) is 2. The number of ether oxygens (including phenoxy) is 2. The SMILES string of the molecule is CCCn1ccc(C(CC(=O)OCC)c2ccc(C)c(CN3C[C@@H](C)Oc4ccccc4S3(O)O)c2)cc1=O. The van der Waals surface area contributed by atoms with E-state index in [-0.39, 0.29) is 43.1 Å². The molecule has 0 saturated carbocycles. The van der Waals surface area contributed by atoms with Crippen LogP contribution in [0, 0.1) is 6.92 Å². The average molecular weight is 555 g/mol. The minimum absolute atomic E-state index is 0.0880. The number of rotatable bonds is 9. The first-order valence-electron chi connectivity index (χ1n) is 13.4. The molecule has 9 heteroatoms. The minimum atomic E-state index is -3.30. The molecule has 1 unspecified atom stereocenters. The predicted molar refractivity (Wildman–Crippen MR) is 153 cm³/mol. The Bertz CT molecular complexity index is 1370. The Balaban J connectivity index is 1.71. The second-order valence-corrected chi connectivity index (χ2v) is 11.9. The van der Waals surface area contributed by atoms with E-state index in [1.54, 1.807) is 46.3 Å². The summed E-state index contributed by atoms with van der Waals surface area (Å²) in [6, 6.07) is 16.4. The lowest BCUT2D eigenvalue weighted by Gasteiger charge is -2.42. The van der Waals surface area contributed by atoms with Gasteiger partial charge in [0, 0.05) is 31.3 Å². The third kappa shape index (κ3) is 6.55. The number of esters is 1. The molecule has 0 saturated heterocycles. The summed E-state index contributed by atoms with van der Waals surface area (Å²) in [6.07, 6.45) is 2.45. The van der Waals surface area contributed by atoms with Gasteiger partial charge in [-0.3, -0.25) is 18.7 Å². The van der Waals surface area contributed by atoms with Crippen molar-refractivity contribution in [1.29, 1.82) is 0 Å². The fourth-order valence-electron chi connectivity index (χ4n) is 4.96. The van der Waals surface area contributed by atoms with Crippen molar-refractivity contribution in [2.24, 2.45) is 0 Å². The summed E-state index contributed by atoms with van der Waals surface area (Å²) in [4.78, 5) is 25.8. The van der Waals surface area contributed by atoms with Crippen molar-refractivity contribution < 1.29 is 23.4 Å². The van der Waals surface area contributed by atoms with Crippen LogP contribution in [-0.2, 0) is 22.6 Å². The van der Waals surface area contributed by atoms with E-state index < -0.39 is 10.8 Å². The summed E-state index contributed by atoms with van der Waals surface area (Å²) in [5.74, 6) is -0.253. The summed E-state index contributed by atoms with van der Waals surface area (Å²) >= 11 is 0. The molecule has 0 bridgehead atoms. The standard InChI is InChI=1S/C30H38N2O6S/c1-5-14-31-15-13-24(17-29(31)33)26(18-30(34)37-6-2)23-12-11-21(3)25(16-23)20-32-19-22(4)38-27-9-7-8-10-28(27)39(32,35)36/h7-13,15-17,22,26,35-36H,5-6,14,18-20H2,1-4H3/t22-,26?/m1/s1. The molecular formula is C30H38N2O6S. The van der Waals surface area contributed by atoms with Gasteiger partial charge in [-0.2, -0.15) is 4.31 Å². The van der Waals surface area contributed by atoms with Crippen molar-refractivity contribution in [3.63, 3.8) is 0 Å². The first-order valence-corrected chi connectivity index (χ1v) is 14.9. The van der Waals surface area contributed by atoms with Crippen molar-refractivity contribution in [2.75, 3.05) is 13.2 Å². The lowest BCUT2D eigenvalue weighted by Crippen LogP contribution is -2.33. The Morgan fingerprint density at radius 2 is 1.87 bits per heavy atom. The Morgan fingerprint density at radius 1 is 1.13 bits per heavy atom. The molecule has 3 aromatic rings. The Labute approximate surface area is 231 Å². The normalized spacial score (nSPS) is 18.4. The number of para-hydroxylation sites is 1. The first-order chi connectivity index (χ1) is 18.6. The van der Waals surface area contributed by atoms with E-state index in [2.05, 4.69) is 0 Å². The Morgan fingerprint density at radius 3 is 2.59 bits per heavy atom. The van der Waals surface area contributed by atoms with Gasteiger partial charge in [0.1, 0.15) is 16.7 Å². The van der Waals surface area contributed by atoms with Gasteiger partial charge in [-0.05, 0) is 67.6 Å². The molecule has 1 aliphatic heterocycles. The van der Waals surface area contributed by atoms with Crippen LogP contribution in [0.15, 0.2) is 70.5 Å². The number of hydrogen-bond acceptors (Lipinski definition) is 7. The van der Waals surface area contributed by atoms with Gasteiger partial charge < -0.3 is 14.0 Å². The molecule has 2 atom stereocenters. The first kappa shape index (κ1) is 28.9. The highest BCUT2D eigenvalue weighted by Crippen LogP contribution is 2.57. The molecule has 1 aliphatic rings. The van der Waals surface area contributed by atoms with Gasteiger partial charge >= 0.3 is 5.97 Å². The number of hydrogen-bond donors (Lipinski definition) is 2. The number of aryl methyl sites for hydroxylation is 2. The van der Waals surface area contributed by atoms with Crippen LogP contribution in [-0.4, -0.2) is 43.2 Å². The van der Waals surface area contributed by atoms with E-state index in [9.17, 15) is 18.7 Å². The van der Waals surface area contributed by atoms with E-state index in [0.717, 1.165) is 28.7 Å². The zero-order valence-electron chi connectivity index (χ0n) is 23.0. The molecule has 0 spiro atoms. The van der Waals surface area contributed by atoms with E-state index in [0.29, 0.717) is 23.7 Å². The van der Waals surface area contributed by atoms with Crippen molar-refractivity contribution in [3.05, 3.63) is 93.4 Å². The number of carbonyl (C=O) groups is 1. The molecule has 8 nitrogen and oxygen atoms in total. The monoisotopic (exact) mass is 554 g/mol. The molecule has 0 radical (unpaired) electrons. The van der Waals surface area contributed by atoms with Crippen LogP contribution in [0.1, 0.15) is 61.8 Å². The molecule has 39 heavy (non-hydrogen) atoms. The van der Waals surface area contributed by atoms with Gasteiger partial charge in [0.25, 0.3) is 5.56 Å². The van der Waals surface area contributed by atoms with E-state index in [1.165, 1.54) is 0 Å². The van der Waals surface area contributed by atoms with Crippen LogP contribution in [0.25, 0.3) is 0 Å². The van der Waals surface area contributed by atoms with Crippen LogP contribution in [0.2, 0.25) is 0 Å². The predicted octanol–water partition coefficient (Wildman–Crippen LogP) is 5.96. The lowest BCUT2D eigenvalue weighted by atomic mass is 9.87. The molecule has 2 heterocycles. The maximum Gasteiger partial charge on any atom is 0.306 e. The molecule has 210 valence electrons. The van der Waals surface area contributed by atoms with Gasteiger partial charge in [0.2, 0.25) is 0 Å². The van der Waals surface area contributed by atoms with Crippen molar-refractivity contribution in [3.8, 4) is 5.75 Å². The number of fused-ring (bicyclic) bond motifs is 1. The molecule has 2 N–H and O–H groups in total. The van der Waals surface area contributed by atoms with Crippen molar-refractivity contribution in [1.82, 2.24) is 8.87 Å². The van der Waals surface area contributed by atoms with Crippen LogP contribution in [0.3, 0.4) is 0 Å². The fourth-order valence-corrected chi connectivity index (χ4v) is 6.62. The fraction of sp³-hybridized carbons (Fsp3) is 0.400. The van der Waals surface area contributed by atoms with Crippen LogP contribution in [0.5, 0.6) is 5.75 Å². The molecular weight excluding hydrogens is 516 g/mol. The topological polar surface area (TPSA) is 101 Å². The molecule has 0 fully saturated rings. The highest BCUT2D eigenvalue weighted by atomic mass is 32.3. The van der Waals surface area contributed by atoms with Crippen molar-refractivity contribution in [2.45, 2.75) is 70.5 Å². The zero-order chi connectivity index (χ0) is 28.2. The second kappa shape index (κ2) is 12.4. The summed E-state index contributed by atoms with van der Waals surface area (Å²) in [6.45, 7) is 9.17. The number of benzene rings is 2. The summed E-state index contributed by atoms with van der Waals surface area (Å²) in [7, 11) is -3.30. The minimum Gasteiger partial charge on any atom is -0.487 e. The summed E-state index contributed by atoms with van der Waals surface area (Å²) in [5, 5.41) is 0. The van der Waals surface area contributed by atoms with Gasteiger partial charge in [0.15, 0.2) is 0 Å². The molecule has 1 aromatic heterocycles. The van der Waals surface area contributed by atoms with Gasteiger partial charge in [-0.25, -0.2) is 0 Å². The highest BCUT2D eigenvalue weighted by molar-refractivity contribution is 8.22. The van der Waals surface area contributed by atoms with Crippen LogP contribution in [0.4, 0.5) is 0 Å². The second-order valence-electron chi connectivity index (χ2n) is 9.96. The van der Waals surface area contributed by atoms with Gasteiger partial charge in [-0.1, -0.05) is 37.3 Å². The van der Waals surface area contributed by atoms with Gasteiger partial charge in [0.05, 0.1) is 19.6 Å². The molecule has 0 aliphatic carbocycles. The van der Waals surface area contributed by atoms with Crippen LogP contribution >= 0.6 is 10.8 Å². The summed E-state index contributed by atoms with van der Waals surface area (Å²) in [5.41, 5.74) is 3.36. The largest absolute Gasteiger partial charge is 0.487 e. The number of aromatic nitrogens is 1. The average Bonchev–Trinajstić information content (AvgIpc) is 2.98. The zero-order valence-corrected chi connectivity index (χ0v) is 23.8. The quantitative estimate of drug-likeness (QED) is 0.315. The lowest BCUT2D eigenvalue weighted by molar-refractivity contribution is -0.143. The molecule has 4 rings (SSSR count). The van der Waals surface area contributed by atoms with Crippen molar-refractivity contribution >= 4 is 16.7 Å². The third-order valence-electron chi connectivity index (χ3n) is 6.98. The smallest absolute Gasteiger partial charge is 0.306 e. The number of carbonyl (C=O) groups excluding carboxylic acids is 1. The van der Waals surface area contributed by atoms with E-state index in [1.807, 2.05) is 51.1 Å². The Hall–Kier alpha value is -3.11. The third-order valence-corrected chi connectivity index (χ3v) is 8.90. The highest BCUT2D eigenvalue weighted by Gasteiger charge is 2.34. The number of pyridine rings is 1. The van der Waals surface area contributed by atoms with E-state index in [4.69, 9.17) is 9.47 Å². The van der Waals surface area contributed by atoms with Crippen LogP contribution < -0.4 is 10.3 Å². The van der Waals surface area contributed by atoms with Gasteiger partial charge in [-0.15, -0.1) is 10.8 Å². The van der Waals surface area contributed by atoms with E-state index >= 15 is 0 Å². The maximum absolute atomic E-state index is 12.8. The Kier molecular flexibility index (Phi) is 9.17. The molecule has 0 amide bonds. The maximum atomic E-state index is 12.8. The summed E-state index contributed by atoms with van der Waals surface area (Å²) < 4.78 is 37.3. The molecule has 2 aromatic carbocycles.